The quantitative estimate of drug-likeness (QED) is 0.788. The first-order chi connectivity index (χ1) is 10.5. The fourth-order valence-corrected chi connectivity index (χ4v) is 2.40. The van der Waals surface area contributed by atoms with E-state index in [1.54, 1.807) is 20.8 Å². The van der Waals surface area contributed by atoms with Gasteiger partial charge in [-0.3, -0.25) is 4.90 Å². The summed E-state index contributed by atoms with van der Waals surface area (Å²) in [6.07, 6.45) is 5.78. The molecule has 6 nitrogen and oxygen atoms in total. The van der Waals surface area contributed by atoms with Crippen molar-refractivity contribution >= 4 is 21.6 Å². The lowest BCUT2D eigenvalue weighted by molar-refractivity contribution is 0.0584. The van der Waals surface area contributed by atoms with Gasteiger partial charge in [-0.15, -0.1) is 6.42 Å². The van der Waals surface area contributed by atoms with E-state index in [1.165, 1.54) is 30.2 Å². The summed E-state index contributed by atoms with van der Waals surface area (Å²) in [5.74, 6) is 2.60. The van der Waals surface area contributed by atoms with E-state index in [4.69, 9.17) is 15.9 Å². The topological polar surface area (TPSA) is 72.9 Å². The molecule has 0 aromatic heterocycles. The highest BCUT2D eigenvalue weighted by Crippen LogP contribution is 2.31. The molecule has 1 aromatic rings. The van der Waals surface area contributed by atoms with E-state index < -0.39 is 21.5 Å². The van der Waals surface area contributed by atoms with Gasteiger partial charge in [0.05, 0.1) is 24.2 Å². The van der Waals surface area contributed by atoms with Crippen LogP contribution in [0, 0.1) is 12.3 Å². The Hall–Kier alpha value is -2.20. The first-order valence-electron chi connectivity index (χ1n) is 6.81. The van der Waals surface area contributed by atoms with Crippen LogP contribution in [0.15, 0.2) is 23.1 Å². The smallest absolute Gasteiger partial charge is 0.415 e. The van der Waals surface area contributed by atoms with E-state index >= 15 is 0 Å². The number of hydrogen-bond donors (Lipinski definition) is 0. The number of methoxy groups -OCH3 is 1. The largest absolute Gasteiger partial charge is 0.495 e. The SMILES string of the molecule is C#CCN(C(=O)OC(C)(C)C)c1ccc(S(C)(=O)=O)cc1OC. The Morgan fingerprint density at radius 3 is 2.39 bits per heavy atom. The lowest BCUT2D eigenvalue weighted by Gasteiger charge is -2.27. The van der Waals surface area contributed by atoms with Crippen molar-refractivity contribution in [3.05, 3.63) is 18.2 Å². The Balaban J connectivity index is 3.33. The zero-order valence-corrected chi connectivity index (χ0v) is 14.7. The Morgan fingerprint density at radius 1 is 1.35 bits per heavy atom. The number of carbonyl (C=O) groups is 1. The zero-order chi connectivity index (χ0) is 17.8. The van der Waals surface area contributed by atoms with Crippen molar-refractivity contribution < 1.29 is 22.7 Å². The molecule has 0 heterocycles. The van der Waals surface area contributed by atoms with Crippen LogP contribution < -0.4 is 9.64 Å². The number of anilines is 1. The summed E-state index contributed by atoms with van der Waals surface area (Å²) in [4.78, 5) is 13.6. The summed E-state index contributed by atoms with van der Waals surface area (Å²) in [7, 11) is -2.01. The molecule has 126 valence electrons. The lowest BCUT2D eigenvalue weighted by atomic mass is 10.2. The zero-order valence-electron chi connectivity index (χ0n) is 13.9. The summed E-state index contributed by atoms with van der Waals surface area (Å²) >= 11 is 0. The summed E-state index contributed by atoms with van der Waals surface area (Å²) < 4.78 is 33.8. The van der Waals surface area contributed by atoms with Gasteiger partial charge in [0, 0.05) is 12.3 Å². The number of hydrogen-bond acceptors (Lipinski definition) is 5. The predicted molar refractivity (Wildman–Crippen MR) is 88.5 cm³/mol. The number of ether oxygens (including phenoxy) is 2. The van der Waals surface area contributed by atoms with Crippen molar-refractivity contribution in [1.29, 1.82) is 0 Å². The molecule has 0 atom stereocenters. The first kappa shape index (κ1) is 18.8. The number of rotatable bonds is 4. The summed E-state index contributed by atoms with van der Waals surface area (Å²) in [6.45, 7) is 5.18. The molecule has 23 heavy (non-hydrogen) atoms. The molecule has 0 bridgehead atoms. The lowest BCUT2D eigenvalue weighted by Crippen LogP contribution is -2.37. The molecule has 0 spiro atoms. The molecule has 0 aliphatic rings. The second-order valence-corrected chi connectivity index (χ2v) is 7.89. The van der Waals surface area contributed by atoms with Crippen LogP contribution in [0.4, 0.5) is 10.5 Å². The van der Waals surface area contributed by atoms with Crippen molar-refractivity contribution in [3.63, 3.8) is 0 Å². The Bertz CT molecular complexity index is 726. The van der Waals surface area contributed by atoms with Crippen molar-refractivity contribution in [2.24, 2.45) is 0 Å². The van der Waals surface area contributed by atoms with Crippen LogP contribution in [0.5, 0.6) is 5.75 Å². The highest BCUT2D eigenvalue weighted by atomic mass is 32.2. The van der Waals surface area contributed by atoms with Crippen LogP contribution >= 0.6 is 0 Å². The highest BCUT2D eigenvalue weighted by Gasteiger charge is 2.25. The molecule has 1 amide bonds. The maximum Gasteiger partial charge on any atom is 0.415 e. The summed E-state index contributed by atoms with van der Waals surface area (Å²) in [5.41, 5.74) is -0.351. The monoisotopic (exact) mass is 339 g/mol. The Kier molecular flexibility index (Phi) is 5.67. The number of terminal acetylenes is 1. The third-order valence-electron chi connectivity index (χ3n) is 2.73. The third-order valence-corrected chi connectivity index (χ3v) is 3.84. The first-order valence-corrected chi connectivity index (χ1v) is 8.71. The van der Waals surface area contributed by atoms with Crippen molar-refractivity contribution in [2.75, 3.05) is 24.8 Å². The molecule has 0 fully saturated rings. The predicted octanol–water partition coefficient (Wildman–Crippen LogP) is 2.47. The van der Waals surface area contributed by atoms with Crippen LogP contribution in [0.2, 0.25) is 0 Å². The van der Waals surface area contributed by atoms with Gasteiger partial charge in [0.1, 0.15) is 11.4 Å². The molecule has 0 aliphatic carbocycles. The molecular formula is C16H21NO5S. The van der Waals surface area contributed by atoms with E-state index in [2.05, 4.69) is 5.92 Å². The number of amides is 1. The maximum absolute atomic E-state index is 12.3. The Morgan fingerprint density at radius 2 is 1.96 bits per heavy atom. The average molecular weight is 339 g/mol. The van der Waals surface area contributed by atoms with Crippen molar-refractivity contribution in [1.82, 2.24) is 0 Å². The molecule has 7 heteroatoms. The van der Waals surface area contributed by atoms with Gasteiger partial charge in [0.15, 0.2) is 9.84 Å². The second kappa shape index (κ2) is 6.92. The van der Waals surface area contributed by atoms with Gasteiger partial charge in [0.25, 0.3) is 0 Å². The van der Waals surface area contributed by atoms with E-state index in [0.717, 1.165) is 6.26 Å². The van der Waals surface area contributed by atoms with E-state index in [1.807, 2.05) is 0 Å². The van der Waals surface area contributed by atoms with Crippen LogP contribution in [0.1, 0.15) is 20.8 Å². The highest BCUT2D eigenvalue weighted by molar-refractivity contribution is 7.90. The van der Waals surface area contributed by atoms with Crippen molar-refractivity contribution in [2.45, 2.75) is 31.3 Å². The number of benzene rings is 1. The van der Waals surface area contributed by atoms with Gasteiger partial charge in [-0.05, 0) is 32.9 Å². The molecule has 0 aliphatic heterocycles. The van der Waals surface area contributed by atoms with Crippen LogP contribution in [-0.4, -0.2) is 40.0 Å². The van der Waals surface area contributed by atoms with Gasteiger partial charge < -0.3 is 9.47 Å². The molecule has 0 saturated heterocycles. The van der Waals surface area contributed by atoms with E-state index in [9.17, 15) is 13.2 Å². The molecular weight excluding hydrogens is 318 g/mol. The summed E-state index contributed by atoms with van der Waals surface area (Å²) in [6, 6.07) is 4.20. The molecule has 0 saturated carbocycles. The van der Waals surface area contributed by atoms with Gasteiger partial charge >= 0.3 is 6.09 Å². The maximum atomic E-state index is 12.3. The second-order valence-electron chi connectivity index (χ2n) is 5.88. The van der Waals surface area contributed by atoms with Gasteiger partial charge in [-0.25, -0.2) is 13.2 Å². The normalized spacial score (nSPS) is 11.5. The summed E-state index contributed by atoms with van der Waals surface area (Å²) in [5, 5.41) is 0. The van der Waals surface area contributed by atoms with Gasteiger partial charge in [0.2, 0.25) is 0 Å². The van der Waals surface area contributed by atoms with Crippen LogP contribution in [0.3, 0.4) is 0 Å². The van der Waals surface area contributed by atoms with Crippen LogP contribution in [-0.2, 0) is 14.6 Å². The Labute approximate surface area is 137 Å². The fourth-order valence-electron chi connectivity index (χ4n) is 1.77. The molecule has 0 unspecified atom stereocenters. The fraction of sp³-hybridized carbons (Fsp3) is 0.438. The third kappa shape index (κ3) is 5.18. The van der Waals surface area contributed by atoms with E-state index in [-0.39, 0.29) is 17.2 Å². The minimum atomic E-state index is -3.39. The molecule has 0 radical (unpaired) electrons. The van der Waals surface area contributed by atoms with Crippen molar-refractivity contribution in [3.8, 4) is 18.1 Å². The molecule has 1 aromatic carbocycles. The number of sulfone groups is 1. The standard InChI is InChI=1S/C16H21NO5S/c1-7-10-17(15(18)22-16(2,3)4)13-9-8-12(23(6,19)20)11-14(13)21-5/h1,8-9,11H,10H2,2-6H3. The van der Waals surface area contributed by atoms with Gasteiger partial charge in [-0.2, -0.15) is 0 Å². The molecule has 1 rings (SSSR count). The minimum Gasteiger partial charge on any atom is -0.495 e. The molecule has 0 N–H and O–H groups in total. The number of nitrogens with zero attached hydrogens (tertiary/aromatic N) is 1. The number of carbonyl (C=O) groups excluding carboxylic acids is 1. The minimum absolute atomic E-state index is 0.0382. The van der Waals surface area contributed by atoms with Crippen LogP contribution in [0.25, 0.3) is 0 Å². The van der Waals surface area contributed by atoms with Gasteiger partial charge in [-0.1, -0.05) is 5.92 Å². The average Bonchev–Trinajstić information content (AvgIpc) is 2.41. The van der Waals surface area contributed by atoms with E-state index in [0.29, 0.717) is 5.69 Å².